The summed E-state index contributed by atoms with van der Waals surface area (Å²) in [7, 11) is 1.54. The smallest absolute Gasteiger partial charge is 0.311 e. The average molecular weight is 412 g/mol. The molecule has 0 aliphatic heterocycles. The second kappa shape index (κ2) is 7.23. The number of hydrogen-bond acceptors (Lipinski definition) is 4. The van der Waals surface area contributed by atoms with E-state index in [4.69, 9.17) is 9.72 Å². The highest BCUT2D eigenvalue weighted by Gasteiger charge is 2.55. The van der Waals surface area contributed by atoms with Gasteiger partial charge in [0.25, 0.3) is 0 Å². The number of rotatable bonds is 3. The molecule has 1 heterocycles. The molecule has 0 saturated heterocycles. The van der Waals surface area contributed by atoms with Gasteiger partial charge in [-0.3, -0.25) is 4.79 Å². The molecule has 2 aliphatic rings. The molecule has 0 bridgehead atoms. The fraction of sp³-hybridized carbons (Fsp3) is 0.600. The molecule has 2 aromatic rings. The molecule has 4 heteroatoms. The van der Waals surface area contributed by atoms with Crippen molar-refractivity contribution in [2.45, 2.75) is 78.1 Å². The van der Waals surface area contributed by atoms with E-state index >= 15 is 0 Å². The third-order valence-corrected chi connectivity index (χ3v) is 8.47. The number of benzene rings is 1. The molecule has 0 radical (unpaired) electrons. The summed E-state index contributed by atoms with van der Waals surface area (Å²) in [6.07, 6.45) is 5.22. The van der Waals surface area contributed by atoms with E-state index in [1.807, 2.05) is 0 Å². The Morgan fingerprint density at radius 3 is 2.66 bits per heavy atom. The summed E-state index contributed by atoms with van der Waals surface area (Å²) in [5.41, 5.74) is 6.28. The van der Waals surface area contributed by atoms with E-state index in [1.165, 1.54) is 29.4 Å². The highest BCUT2D eigenvalue weighted by molar-refractivity contribution is 7.09. The minimum atomic E-state index is -0.395. The Labute approximate surface area is 178 Å². The van der Waals surface area contributed by atoms with Crippen LogP contribution in [0.5, 0.6) is 0 Å². The molecule has 1 saturated carbocycles. The van der Waals surface area contributed by atoms with Crippen LogP contribution in [0.4, 0.5) is 0 Å². The summed E-state index contributed by atoms with van der Waals surface area (Å²) in [4.78, 5) is 17.6. The van der Waals surface area contributed by atoms with Crippen LogP contribution >= 0.6 is 11.3 Å². The predicted octanol–water partition coefficient (Wildman–Crippen LogP) is 6.43. The van der Waals surface area contributed by atoms with E-state index in [0.29, 0.717) is 11.8 Å². The van der Waals surface area contributed by atoms with Crippen molar-refractivity contribution in [2.24, 2.45) is 11.3 Å². The van der Waals surface area contributed by atoms with Crippen molar-refractivity contribution in [3.63, 3.8) is 0 Å². The van der Waals surface area contributed by atoms with Gasteiger partial charge in [-0.25, -0.2) is 4.98 Å². The lowest BCUT2D eigenvalue weighted by atomic mass is 9.49. The van der Waals surface area contributed by atoms with Gasteiger partial charge in [-0.05, 0) is 79.5 Å². The minimum Gasteiger partial charge on any atom is -0.469 e. The molecule has 3 nitrogen and oxygen atoms in total. The first-order valence-corrected chi connectivity index (χ1v) is 11.8. The molecule has 3 atom stereocenters. The third-order valence-electron chi connectivity index (χ3n) is 7.69. The monoisotopic (exact) mass is 411 g/mol. The zero-order valence-electron chi connectivity index (χ0n) is 18.6. The molecule has 1 aromatic heterocycles. The van der Waals surface area contributed by atoms with Gasteiger partial charge in [0.1, 0.15) is 0 Å². The van der Waals surface area contributed by atoms with Crippen molar-refractivity contribution in [2.75, 3.05) is 7.11 Å². The molecule has 0 unspecified atom stereocenters. The van der Waals surface area contributed by atoms with Crippen LogP contribution in [0.3, 0.4) is 0 Å². The number of thiazole rings is 1. The first-order chi connectivity index (χ1) is 13.7. The molecule has 0 spiro atoms. The van der Waals surface area contributed by atoms with Gasteiger partial charge in [0, 0.05) is 10.9 Å². The summed E-state index contributed by atoms with van der Waals surface area (Å²) in [5, 5.41) is 3.29. The first-order valence-electron chi connectivity index (χ1n) is 10.9. The number of aromatic nitrogens is 1. The van der Waals surface area contributed by atoms with Gasteiger partial charge in [0.05, 0.1) is 23.2 Å². The van der Waals surface area contributed by atoms with E-state index in [0.717, 1.165) is 42.8 Å². The molecule has 0 N–H and O–H groups in total. The average Bonchev–Trinajstić information content (AvgIpc) is 3.12. The second-order valence-electron chi connectivity index (χ2n) is 9.77. The molecular formula is C25H33NO2S. The summed E-state index contributed by atoms with van der Waals surface area (Å²) in [5.74, 6) is 0.735. The number of nitrogens with zero attached hydrogens (tertiary/aromatic N) is 1. The summed E-state index contributed by atoms with van der Waals surface area (Å²) < 4.78 is 5.27. The molecular weight excluding hydrogens is 378 g/mol. The van der Waals surface area contributed by atoms with Gasteiger partial charge >= 0.3 is 5.97 Å². The highest BCUT2D eigenvalue weighted by atomic mass is 32.1. The van der Waals surface area contributed by atoms with Gasteiger partial charge in [0.15, 0.2) is 0 Å². The van der Waals surface area contributed by atoms with Crippen molar-refractivity contribution in [3.8, 4) is 11.3 Å². The number of carbonyl (C=O) groups is 1. The number of fused-ring (bicyclic) bond motifs is 3. The van der Waals surface area contributed by atoms with E-state index in [1.54, 1.807) is 11.3 Å². The molecule has 0 amide bonds. The van der Waals surface area contributed by atoms with Crippen molar-refractivity contribution in [1.29, 1.82) is 0 Å². The van der Waals surface area contributed by atoms with E-state index in [-0.39, 0.29) is 11.4 Å². The fourth-order valence-electron chi connectivity index (χ4n) is 6.20. The maximum Gasteiger partial charge on any atom is 0.311 e. The highest BCUT2D eigenvalue weighted by Crippen LogP contribution is 2.58. The lowest BCUT2D eigenvalue weighted by Gasteiger charge is -2.54. The number of hydrogen-bond donors (Lipinski definition) is 0. The predicted molar refractivity (Wildman–Crippen MR) is 120 cm³/mol. The van der Waals surface area contributed by atoms with E-state index in [9.17, 15) is 4.79 Å². The molecule has 1 aromatic carbocycles. The van der Waals surface area contributed by atoms with E-state index < -0.39 is 5.41 Å². The zero-order chi connectivity index (χ0) is 21.0. The van der Waals surface area contributed by atoms with E-state index in [2.05, 4.69) is 52.1 Å². The van der Waals surface area contributed by atoms with Gasteiger partial charge in [0.2, 0.25) is 0 Å². The van der Waals surface area contributed by atoms with Crippen molar-refractivity contribution in [1.82, 2.24) is 4.98 Å². The van der Waals surface area contributed by atoms with Crippen LogP contribution in [-0.4, -0.2) is 18.1 Å². The lowest BCUT2D eigenvalue weighted by molar-refractivity contribution is -0.161. The SMILES string of the molecule is COC(=O)[C@]1(C)CCC[C@]2(C)c3cc(-c4csc(C)n4)c(C(C)C)cc3CC[C@@H]12. The largest absolute Gasteiger partial charge is 0.469 e. The van der Waals surface area contributed by atoms with Gasteiger partial charge in [-0.2, -0.15) is 0 Å². The Bertz CT molecular complexity index is 946. The van der Waals surface area contributed by atoms with Crippen LogP contribution in [0.2, 0.25) is 0 Å². The fourth-order valence-corrected chi connectivity index (χ4v) is 6.81. The van der Waals surface area contributed by atoms with Crippen LogP contribution in [0.1, 0.15) is 81.0 Å². The third kappa shape index (κ3) is 3.15. The van der Waals surface area contributed by atoms with Gasteiger partial charge in [-0.1, -0.05) is 33.3 Å². The minimum absolute atomic E-state index is 0.00407. The van der Waals surface area contributed by atoms with Crippen LogP contribution in [0.15, 0.2) is 17.5 Å². The summed E-state index contributed by atoms with van der Waals surface area (Å²) in [6.45, 7) is 11.1. The second-order valence-corrected chi connectivity index (χ2v) is 10.8. The van der Waals surface area contributed by atoms with Gasteiger partial charge < -0.3 is 4.74 Å². The standard InChI is InChI=1S/C25H33NO2S/c1-15(2)18-12-17-8-9-22-24(4,10-7-11-25(22,5)23(27)28-6)20(17)13-19(18)21-14-29-16(3)26-21/h12-15,22H,7-11H2,1-6H3/t22-,24-,25-/m1/s1. The Morgan fingerprint density at radius 1 is 1.28 bits per heavy atom. The Hall–Kier alpha value is -1.68. The normalized spacial score (nSPS) is 28.7. The topological polar surface area (TPSA) is 39.2 Å². The zero-order valence-corrected chi connectivity index (χ0v) is 19.4. The molecule has 156 valence electrons. The van der Waals surface area contributed by atoms with Crippen LogP contribution in [0.25, 0.3) is 11.3 Å². The molecule has 1 fully saturated rings. The summed E-state index contributed by atoms with van der Waals surface area (Å²) >= 11 is 1.71. The Balaban J connectivity index is 1.89. The number of esters is 1. The Morgan fingerprint density at radius 2 is 2.03 bits per heavy atom. The number of methoxy groups -OCH3 is 1. The molecule has 4 rings (SSSR count). The van der Waals surface area contributed by atoms with Crippen molar-refractivity contribution >= 4 is 17.3 Å². The first kappa shape index (κ1) is 20.6. The van der Waals surface area contributed by atoms with Crippen molar-refractivity contribution in [3.05, 3.63) is 39.2 Å². The quantitative estimate of drug-likeness (QED) is 0.547. The molecule has 29 heavy (non-hydrogen) atoms. The van der Waals surface area contributed by atoms with Crippen LogP contribution in [-0.2, 0) is 21.4 Å². The van der Waals surface area contributed by atoms with Gasteiger partial charge in [-0.15, -0.1) is 11.3 Å². The number of carbonyl (C=O) groups excluding carboxylic acids is 1. The maximum absolute atomic E-state index is 12.8. The lowest BCUT2D eigenvalue weighted by Crippen LogP contribution is -2.52. The summed E-state index contributed by atoms with van der Waals surface area (Å²) in [6, 6.07) is 4.86. The molecule has 2 aliphatic carbocycles. The number of ether oxygens (including phenoxy) is 1. The maximum atomic E-state index is 12.8. The Kier molecular flexibility index (Phi) is 5.13. The van der Waals surface area contributed by atoms with Crippen LogP contribution in [0, 0.1) is 18.3 Å². The van der Waals surface area contributed by atoms with Crippen LogP contribution < -0.4 is 0 Å². The number of aryl methyl sites for hydroxylation is 2. The van der Waals surface area contributed by atoms with Crippen molar-refractivity contribution < 1.29 is 9.53 Å².